The van der Waals surface area contributed by atoms with E-state index in [4.69, 9.17) is 4.74 Å². The summed E-state index contributed by atoms with van der Waals surface area (Å²) < 4.78 is 5.33. The standard InChI is InChI=1S/C12H23NO2/c1-4-5-9(2)8-15-12(14)11-7-13-6-10(11)3/h9-11,13H,4-8H2,1-3H3. The lowest BCUT2D eigenvalue weighted by Gasteiger charge is -2.16. The Balaban J connectivity index is 2.23. The maximum Gasteiger partial charge on any atom is 0.310 e. The number of ether oxygens (including phenoxy) is 1. The van der Waals surface area contributed by atoms with E-state index in [9.17, 15) is 4.79 Å². The minimum absolute atomic E-state index is 0.0181. The first kappa shape index (κ1) is 12.5. The summed E-state index contributed by atoms with van der Waals surface area (Å²) in [6.45, 7) is 8.68. The molecule has 3 nitrogen and oxygen atoms in total. The molecule has 0 aromatic heterocycles. The highest BCUT2D eigenvalue weighted by atomic mass is 16.5. The Kier molecular flexibility index (Phi) is 5.09. The average molecular weight is 213 g/mol. The van der Waals surface area contributed by atoms with E-state index in [0.717, 1.165) is 25.9 Å². The molecule has 1 saturated heterocycles. The van der Waals surface area contributed by atoms with Crippen LogP contribution < -0.4 is 5.32 Å². The topological polar surface area (TPSA) is 38.3 Å². The van der Waals surface area contributed by atoms with E-state index >= 15 is 0 Å². The fourth-order valence-electron chi connectivity index (χ4n) is 2.03. The molecule has 15 heavy (non-hydrogen) atoms. The van der Waals surface area contributed by atoms with E-state index in [-0.39, 0.29) is 11.9 Å². The fourth-order valence-corrected chi connectivity index (χ4v) is 2.03. The Hall–Kier alpha value is -0.570. The molecule has 0 radical (unpaired) electrons. The Morgan fingerprint density at radius 3 is 2.80 bits per heavy atom. The first-order chi connectivity index (χ1) is 7.15. The molecule has 0 aromatic carbocycles. The monoisotopic (exact) mass is 213 g/mol. The molecular formula is C12H23NO2. The highest BCUT2D eigenvalue weighted by Crippen LogP contribution is 2.18. The molecule has 0 saturated carbocycles. The van der Waals surface area contributed by atoms with Crippen LogP contribution in [0, 0.1) is 17.8 Å². The maximum atomic E-state index is 11.7. The summed E-state index contributed by atoms with van der Waals surface area (Å²) in [5.74, 6) is 0.955. The second kappa shape index (κ2) is 6.11. The Labute approximate surface area is 92.6 Å². The van der Waals surface area contributed by atoms with E-state index in [1.807, 2.05) is 0 Å². The lowest BCUT2D eigenvalue weighted by atomic mass is 9.98. The van der Waals surface area contributed by atoms with Crippen LogP contribution >= 0.6 is 0 Å². The predicted octanol–water partition coefficient (Wildman–Crippen LogP) is 1.82. The van der Waals surface area contributed by atoms with Crippen LogP contribution in [0.1, 0.15) is 33.6 Å². The van der Waals surface area contributed by atoms with E-state index in [2.05, 4.69) is 26.1 Å². The van der Waals surface area contributed by atoms with Crippen LogP contribution in [0.2, 0.25) is 0 Å². The van der Waals surface area contributed by atoms with Crippen molar-refractivity contribution >= 4 is 5.97 Å². The Morgan fingerprint density at radius 1 is 1.53 bits per heavy atom. The van der Waals surface area contributed by atoms with Crippen molar-refractivity contribution in [2.75, 3.05) is 19.7 Å². The van der Waals surface area contributed by atoms with Gasteiger partial charge in [-0.1, -0.05) is 27.2 Å². The van der Waals surface area contributed by atoms with Crippen LogP contribution in [-0.4, -0.2) is 25.7 Å². The summed E-state index contributed by atoms with van der Waals surface area (Å²) in [5, 5.41) is 3.21. The molecule has 0 bridgehead atoms. The second-order valence-corrected chi connectivity index (χ2v) is 4.77. The van der Waals surface area contributed by atoms with Crippen LogP contribution in [0.3, 0.4) is 0 Å². The first-order valence-corrected chi connectivity index (χ1v) is 6.02. The molecule has 3 heteroatoms. The fraction of sp³-hybridized carbons (Fsp3) is 0.917. The number of esters is 1. The molecule has 1 heterocycles. The average Bonchev–Trinajstić information content (AvgIpc) is 2.61. The molecule has 1 aliphatic rings. The molecule has 3 unspecified atom stereocenters. The van der Waals surface area contributed by atoms with Gasteiger partial charge in [0, 0.05) is 6.54 Å². The van der Waals surface area contributed by atoms with Gasteiger partial charge < -0.3 is 10.1 Å². The van der Waals surface area contributed by atoms with Crippen molar-refractivity contribution in [2.24, 2.45) is 17.8 Å². The van der Waals surface area contributed by atoms with Crippen LogP contribution in [0.5, 0.6) is 0 Å². The molecule has 1 fully saturated rings. The zero-order chi connectivity index (χ0) is 11.3. The van der Waals surface area contributed by atoms with Gasteiger partial charge in [0.05, 0.1) is 12.5 Å². The van der Waals surface area contributed by atoms with Crippen LogP contribution in [0.15, 0.2) is 0 Å². The van der Waals surface area contributed by atoms with Gasteiger partial charge in [0.1, 0.15) is 0 Å². The normalized spacial score (nSPS) is 27.7. The van der Waals surface area contributed by atoms with E-state index in [1.165, 1.54) is 0 Å². The molecule has 3 atom stereocenters. The molecule has 0 spiro atoms. The number of carbonyl (C=O) groups excluding carboxylic acids is 1. The maximum absolute atomic E-state index is 11.7. The number of carbonyl (C=O) groups is 1. The number of hydrogen-bond donors (Lipinski definition) is 1. The van der Waals surface area contributed by atoms with Crippen molar-refractivity contribution in [1.29, 1.82) is 0 Å². The molecule has 88 valence electrons. The summed E-state index contributed by atoms with van der Waals surface area (Å²) in [4.78, 5) is 11.7. The summed E-state index contributed by atoms with van der Waals surface area (Å²) in [5.41, 5.74) is 0. The van der Waals surface area contributed by atoms with Gasteiger partial charge in [-0.3, -0.25) is 4.79 Å². The highest BCUT2D eigenvalue weighted by Gasteiger charge is 2.30. The minimum Gasteiger partial charge on any atom is -0.465 e. The van der Waals surface area contributed by atoms with Gasteiger partial charge in [-0.05, 0) is 24.8 Å². The van der Waals surface area contributed by atoms with Gasteiger partial charge in [-0.15, -0.1) is 0 Å². The van der Waals surface area contributed by atoms with Crippen molar-refractivity contribution in [3.05, 3.63) is 0 Å². The van der Waals surface area contributed by atoms with Crippen molar-refractivity contribution in [1.82, 2.24) is 5.32 Å². The van der Waals surface area contributed by atoms with Crippen molar-refractivity contribution < 1.29 is 9.53 Å². The predicted molar refractivity (Wildman–Crippen MR) is 60.6 cm³/mol. The summed E-state index contributed by atoms with van der Waals surface area (Å²) in [6.07, 6.45) is 2.28. The van der Waals surface area contributed by atoms with E-state index in [1.54, 1.807) is 0 Å². The lowest BCUT2D eigenvalue weighted by Crippen LogP contribution is -2.25. The largest absolute Gasteiger partial charge is 0.465 e. The van der Waals surface area contributed by atoms with Gasteiger partial charge in [0.25, 0.3) is 0 Å². The van der Waals surface area contributed by atoms with Gasteiger partial charge in [0.2, 0.25) is 0 Å². The molecule has 0 aliphatic carbocycles. The third-order valence-corrected chi connectivity index (χ3v) is 3.11. The Bertz CT molecular complexity index is 206. The third-order valence-electron chi connectivity index (χ3n) is 3.11. The van der Waals surface area contributed by atoms with E-state index < -0.39 is 0 Å². The molecule has 1 rings (SSSR count). The Morgan fingerprint density at radius 2 is 2.27 bits per heavy atom. The minimum atomic E-state index is -0.0181. The molecule has 0 aromatic rings. The smallest absolute Gasteiger partial charge is 0.310 e. The summed E-state index contributed by atoms with van der Waals surface area (Å²) in [7, 11) is 0. The summed E-state index contributed by atoms with van der Waals surface area (Å²) >= 11 is 0. The van der Waals surface area contributed by atoms with Crippen molar-refractivity contribution in [3.8, 4) is 0 Å². The highest BCUT2D eigenvalue weighted by molar-refractivity contribution is 5.73. The van der Waals surface area contributed by atoms with Crippen LogP contribution in [-0.2, 0) is 9.53 Å². The first-order valence-electron chi connectivity index (χ1n) is 6.02. The zero-order valence-electron chi connectivity index (χ0n) is 10.1. The van der Waals surface area contributed by atoms with Gasteiger partial charge in [-0.2, -0.15) is 0 Å². The SMILES string of the molecule is CCCC(C)COC(=O)C1CNCC1C. The molecular weight excluding hydrogens is 190 g/mol. The number of nitrogens with one attached hydrogen (secondary N) is 1. The molecule has 1 aliphatic heterocycles. The molecule has 0 amide bonds. The zero-order valence-corrected chi connectivity index (χ0v) is 10.1. The quantitative estimate of drug-likeness (QED) is 0.708. The lowest BCUT2D eigenvalue weighted by molar-refractivity contribution is -0.150. The number of hydrogen-bond acceptors (Lipinski definition) is 3. The summed E-state index contributed by atoms with van der Waals surface area (Å²) in [6, 6.07) is 0. The van der Waals surface area contributed by atoms with Gasteiger partial charge in [0.15, 0.2) is 0 Å². The van der Waals surface area contributed by atoms with Gasteiger partial charge in [-0.25, -0.2) is 0 Å². The van der Waals surface area contributed by atoms with Crippen LogP contribution in [0.25, 0.3) is 0 Å². The van der Waals surface area contributed by atoms with Crippen LogP contribution in [0.4, 0.5) is 0 Å². The van der Waals surface area contributed by atoms with Gasteiger partial charge >= 0.3 is 5.97 Å². The third kappa shape index (κ3) is 3.82. The molecule has 1 N–H and O–H groups in total. The number of rotatable bonds is 5. The van der Waals surface area contributed by atoms with Crippen molar-refractivity contribution in [2.45, 2.75) is 33.6 Å². The van der Waals surface area contributed by atoms with Crippen molar-refractivity contribution in [3.63, 3.8) is 0 Å². The van der Waals surface area contributed by atoms with E-state index in [0.29, 0.717) is 18.4 Å². The second-order valence-electron chi connectivity index (χ2n) is 4.77.